The third-order valence-electron chi connectivity index (χ3n) is 2.67. The Balaban J connectivity index is 3.41. The van der Waals surface area contributed by atoms with E-state index in [1.54, 1.807) is 13.8 Å². The zero-order valence-electron chi connectivity index (χ0n) is 11.2. The van der Waals surface area contributed by atoms with E-state index >= 15 is 0 Å². The first-order valence-corrected chi connectivity index (χ1v) is 8.00. The largest absolute Gasteiger partial charge is 0.480 e. The van der Waals surface area contributed by atoms with Crippen molar-refractivity contribution in [2.75, 3.05) is 6.54 Å². The van der Waals surface area contributed by atoms with E-state index < -0.39 is 34.4 Å². The van der Waals surface area contributed by atoms with Gasteiger partial charge in [-0.3, -0.25) is 4.79 Å². The minimum absolute atomic E-state index is 0.0145. The van der Waals surface area contributed by atoms with Crippen molar-refractivity contribution >= 4 is 31.9 Å². The number of hydrogen-bond donors (Lipinski definition) is 1. The van der Waals surface area contributed by atoms with Gasteiger partial charge in [-0.1, -0.05) is 0 Å². The number of rotatable bonds is 5. The minimum Gasteiger partial charge on any atom is -0.480 e. The number of benzene rings is 1. The molecular formula is C12H15BrFNO4S. The monoisotopic (exact) mass is 367 g/mol. The zero-order chi connectivity index (χ0) is 15.7. The van der Waals surface area contributed by atoms with Gasteiger partial charge in [0.25, 0.3) is 0 Å². The summed E-state index contributed by atoms with van der Waals surface area (Å²) >= 11 is 2.94. The highest BCUT2D eigenvalue weighted by atomic mass is 79.9. The Morgan fingerprint density at radius 2 is 2.00 bits per heavy atom. The number of aliphatic carboxylic acids is 1. The third kappa shape index (κ3) is 3.56. The molecule has 0 unspecified atom stereocenters. The minimum atomic E-state index is -4.01. The summed E-state index contributed by atoms with van der Waals surface area (Å²) in [4.78, 5) is 10.7. The normalized spacial score (nSPS) is 12.2. The molecule has 0 radical (unpaired) electrons. The molecule has 0 amide bonds. The highest BCUT2D eigenvalue weighted by molar-refractivity contribution is 9.10. The predicted molar refractivity (Wildman–Crippen MR) is 75.5 cm³/mol. The maximum Gasteiger partial charge on any atom is 0.318 e. The standard InChI is InChI=1S/C12H15BrFNO4S/c1-7(2)15(6-12(16)17)20(18,19)11-5-9(13)10(14)4-8(11)3/h4-5,7H,6H2,1-3H3,(H,16,17). The molecular weight excluding hydrogens is 353 g/mol. The first kappa shape index (κ1) is 17.1. The fourth-order valence-electron chi connectivity index (χ4n) is 1.71. The SMILES string of the molecule is Cc1cc(F)c(Br)cc1S(=O)(=O)N(CC(=O)O)C(C)C. The van der Waals surface area contributed by atoms with Crippen molar-refractivity contribution in [3.05, 3.63) is 28.0 Å². The van der Waals surface area contributed by atoms with Gasteiger partial charge in [0.1, 0.15) is 12.4 Å². The molecule has 0 bridgehead atoms. The van der Waals surface area contributed by atoms with Gasteiger partial charge in [0.2, 0.25) is 10.0 Å². The van der Waals surface area contributed by atoms with Crippen LogP contribution in [-0.4, -0.2) is 36.4 Å². The Hall–Kier alpha value is -0.990. The number of carboxylic acids is 1. The van der Waals surface area contributed by atoms with Crippen LogP contribution in [0.15, 0.2) is 21.5 Å². The van der Waals surface area contributed by atoms with E-state index in [1.807, 2.05) is 0 Å². The Kier molecular flexibility index (Phi) is 5.28. The Labute approximate surface area is 125 Å². The summed E-state index contributed by atoms with van der Waals surface area (Å²) in [7, 11) is -4.01. The van der Waals surface area contributed by atoms with E-state index in [4.69, 9.17) is 5.11 Å². The molecule has 5 nitrogen and oxygen atoms in total. The van der Waals surface area contributed by atoms with Crippen molar-refractivity contribution in [2.24, 2.45) is 0 Å². The number of nitrogens with zero attached hydrogens (tertiary/aromatic N) is 1. The summed E-state index contributed by atoms with van der Waals surface area (Å²) < 4.78 is 39.3. The van der Waals surface area contributed by atoms with Crippen LogP contribution < -0.4 is 0 Å². The molecule has 1 N–H and O–H groups in total. The summed E-state index contributed by atoms with van der Waals surface area (Å²) in [5.41, 5.74) is 0.224. The predicted octanol–water partition coefficient (Wildman–Crippen LogP) is 2.38. The Bertz CT molecular complexity index is 631. The first-order chi connectivity index (χ1) is 9.07. The zero-order valence-corrected chi connectivity index (χ0v) is 13.6. The van der Waals surface area contributed by atoms with Crippen molar-refractivity contribution in [3.63, 3.8) is 0 Å². The Morgan fingerprint density at radius 1 is 1.45 bits per heavy atom. The van der Waals surface area contributed by atoms with Crippen molar-refractivity contribution in [1.82, 2.24) is 4.31 Å². The van der Waals surface area contributed by atoms with Gasteiger partial charge in [0.05, 0.1) is 9.37 Å². The molecule has 1 aromatic carbocycles. The molecule has 8 heteroatoms. The van der Waals surface area contributed by atoms with E-state index in [1.165, 1.54) is 6.92 Å². The van der Waals surface area contributed by atoms with Gasteiger partial charge in [-0.05, 0) is 54.4 Å². The lowest BCUT2D eigenvalue weighted by atomic mass is 10.2. The van der Waals surface area contributed by atoms with Crippen LogP contribution in [0.5, 0.6) is 0 Å². The number of sulfonamides is 1. The molecule has 0 aromatic heterocycles. The second-order valence-corrected chi connectivity index (χ2v) is 7.28. The molecule has 1 aromatic rings. The smallest absolute Gasteiger partial charge is 0.318 e. The molecule has 0 spiro atoms. The first-order valence-electron chi connectivity index (χ1n) is 5.76. The van der Waals surface area contributed by atoms with Crippen molar-refractivity contribution in [1.29, 1.82) is 0 Å². The van der Waals surface area contributed by atoms with E-state index in [9.17, 15) is 17.6 Å². The van der Waals surface area contributed by atoms with E-state index in [2.05, 4.69) is 15.9 Å². The lowest BCUT2D eigenvalue weighted by Crippen LogP contribution is -2.40. The maximum absolute atomic E-state index is 13.4. The fraction of sp³-hybridized carbons (Fsp3) is 0.417. The molecule has 1 rings (SSSR count). The molecule has 0 heterocycles. The van der Waals surface area contributed by atoms with Crippen LogP contribution in [0.1, 0.15) is 19.4 Å². The summed E-state index contributed by atoms with van der Waals surface area (Å²) in [6.45, 7) is 3.97. The molecule has 0 aliphatic rings. The molecule has 0 aliphatic carbocycles. The second-order valence-electron chi connectivity index (χ2n) is 4.57. The van der Waals surface area contributed by atoms with Gasteiger partial charge in [0.15, 0.2) is 0 Å². The van der Waals surface area contributed by atoms with Gasteiger partial charge in [0, 0.05) is 6.04 Å². The molecule has 0 saturated carbocycles. The number of carboxylic acid groups (broad SMARTS) is 1. The average molecular weight is 368 g/mol. The van der Waals surface area contributed by atoms with Crippen LogP contribution in [0.25, 0.3) is 0 Å². The van der Waals surface area contributed by atoms with Crippen LogP contribution in [-0.2, 0) is 14.8 Å². The van der Waals surface area contributed by atoms with Crippen molar-refractivity contribution in [3.8, 4) is 0 Å². The van der Waals surface area contributed by atoms with Crippen LogP contribution in [0.4, 0.5) is 4.39 Å². The molecule has 112 valence electrons. The summed E-state index contributed by atoms with van der Waals surface area (Å²) in [5, 5.41) is 8.84. The fourth-order valence-corrected chi connectivity index (χ4v) is 4.03. The number of hydrogen-bond acceptors (Lipinski definition) is 3. The van der Waals surface area contributed by atoms with Crippen LogP contribution in [0.2, 0.25) is 0 Å². The van der Waals surface area contributed by atoms with Gasteiger partial charge < -0.3 is 5.11 Å². The summed E-state index contributed by atoms with van der Waals surface area (Å²) in [6.07, 6.45) is 0. The number of carbonyl (C=O) groups is 1. The summed E-state index contributed by atoms with van der Waals surface area (Å²) in [6, 6.07) is 1.72. The van der Waals surface area contributed by atoms with Crippen molar-refractivity contribution < 1.29 is 22.7 Å². The van der Waals surface area contributed by atoms with Crippen molar-refractivity contribution in [2.45, 2.75) is 31.7 Å². The Morgan fingerprint density at radius 3 is 2.45 bits per heavy atom. The number of halogens is 2. The molecule has 0 fully saturated rings. The number of aryl methyl sites for hydroxylation is 1. The molecule has 0 saturated heterocycles. The topological polar surface area (TPSA) is 74.7 Å². The van der Waals surface area contributed by atoms with E-state index in [0.717, 1.165) is 16.4 Å². The lowest BCUT2D eigenvalue weighted by Gasteiger charge is -2.25. The highest BCUT2D eigenvalue weighted by Gasteiger charge is 2.30. The highest BCUT2D eigenvalue weighted by Crippen LogP contribution is 2.27. The average Bonchev–Trinajstić information content (AvgIpc) is 2.29. The van der Waals surface area contributed by atoms with Gasteiger partial charge in [-0.15, -0.1) is 0 Å². The third-order valence-corrected chi connectivity index (χ3v) is 5.44. The van der Waals surface area contributed by atoms with Gasteiger partial charge in [-0.25, -0.2) is 12.8 Å². The van der Waals surface area contributed by atoms with Gasteiger partial charge in [-0.2, -0.15) is 4.31 Å². The van der Waals surface area contributed by atoms with E-state index in [0.29, 0.717) is 0 Å². The lowest BCUT2D eigenvalue weighted by molar-refractivity contribution is -0.137. The van der Waals surface area contributed by atoms with Gasteiger partial charge >= 0.3 is 5.97 Å². The summed E-state index contributed by atoms with van der Waals surface area (Å²) in [5.74, 6) is -1.82. The quantitative estimate of drug-likeness (QED) is 0.866. The van der Waals surface area contributed by atoms with Crippen LogP contribution in [0.3, 0.4) is 0 Å². The van der Waals surface area contributed by atoms with E-state index in [-0.39, 0.29) is 14.9 Å². The van der Waals surface area contributed by atoms with Crippen LogP contribution in [0, 0.1) is 12.7 Å². The molecule has 0 atom stereocenters. The molecule has 20 heavy (non-hydrogen) atoms. The molecule has 0 aliphatic heterocycles. The second kappa shape index (κ2) is 6.19. The maximum atomic E-state index is 13.4. The van der Waals surface area contributed by atoms with Crippen LogP contribution >= 0.6 is 15.9 Å².